The van der Waals surface area contributed by atoms with Crippen molar-refractivity contribution in [1.82, 2.24) is 4.90 Å². The Morgan fingerprint density at radius 2 is 1.94 bits per heavy atom. The molecule has 0 radical (unpaired) electrons. The van der Waals surface area contributed by atoms with E-state index in [0.717, 1.165) is 19.5 Å². The number of nitrogens with zero attached hydrogens (tertiary/aromatic N) is 1. The molecule has 1 heterocycles. The number of hydrogen-bond acceptors (Lipinski definition) is 2. The van der Waals surface area contributed by atoms with Gasteiger partial charge >= 0.3 is 0 Å². The average Bonchev–Trinajstić information content (AvgIpc) is 2.28. The fourth-order valence-corrected chi connectivity index (χ4v) is 2.53. The van der Waals surface area contributed by atoms with Gasteiger partial charge in [-0.05, 0) is 24.0 Å². The van der Waals surface area contributed by atoms with Gasteiger partial charge < -0.3 is 5.73 Å². The van der Waals surface area contributed by atoms with Gasteiger partial charge in [-0.25, -0.2) is 8.78 Å². The van der Waals surface area contributed by atoms with Crippen LogP contribution in [0.15, 0.2) is 18.2 Å². The van der Waals surface area contributed by atoms with Crippen molar-refractivity contribution >= 4 is 0 Å². The standard InChI is InChI=1S/C14H20F2N2/c1-14(2)9-18(7-6-13(14)17)8-10-11(15)4-3-5-12(10)16/h3-5,13H,6-9,17H2,1-2H3. The highest BCUT2D eigenvalue weighted by molar-refractivity contribution is 5.19. The lowest BCUT2D eigenvalue weighted by Gasteiger charge is -2.42. The summed E-state index contributed by atoms with van der Waals surface area (Å²) in [5, 5.41) is 0. The van der Waals surface area contributed by atoms with Gasteiger partial charge in [-0.2, -0.15) is 0 Å². The van der Waals surface area contributed by atoms with Crippen LogP contribution in [0.2, 0.25) is 0 Å². The number of halogens is 2. The van der Waals surface area contributed by atoms with Crippen LogP contribution in [0.4, 0.5) is 8.78 Å². The summed E-state index contributed by atoms with van der Waals surface area (Å²) in [6, 6.07) is 4.15. The van der Waals surface area contributed by atoms with E-state index in [0.29, 0.717) is 6.54 Å². The zero-order valence-electron chi connectivity index (χ0n) is 10.9. The molecule has 1 aliphatic heterocycles. The fraction of sp³-hybridized carbons (Fsp3) is 0.571. The van der Waals surface area contributed by atoms with Crippen LogP contribution in [-0.2, 0) is 6.54 Å². The first kappa shape index (κ1) is 13.4. The lowest BCUT2D eigenvalue weighted by atomic mass is 9.79. The molecule has 2 nitrogen and oxygen atoms in total. The van der Waals surface area contributed by atoms with Crippen LogP contribution in [0.3, 0.4) is 0 Å². The molecule has 1 saturated heterocycles. The zero-order valence-corrected chi connectivity index (χ0v) is 10.9. The molecule has 1 aromatic carbocycles. The molecule has 0 aliphatic carbocycles. The number of nitrogens with two attached hydrogens (primary N) is 1. The second kappa shape index (κ2) is 4.94. The fourth-order valence-electron chi connectivity index (χ4n) is 2.53. The van der Waals surface area contributed by atoms with Crippen LogP contribution in [0.5, 0.6) is 0 Å². The normalized spacial score (nSPS) is 24.2. The molecule has 1 fully saturated rings. The first-order valence-corrected chi connectivity index (χ1v) is 6.31. The molecule has 1 aromatic rings. The highest BCUT2D eigenvalue weighted by Crippen LogP contribution is 2.29. The van der Waals surface area contributed by atoms with Crippen LogP contribution in [0, 0.1) is 17.0 Å². The molecule has 0 amide bonds. The second-order valence-corrected chi connectivity index (χ2v) is 5.79. The topological polar surface area (TPSA) is 29.3 Å². The van der Waals surface area contributed by atoms with Crippen molar-refractivity contribution in [2.75, 3.05) is 13.1 Å². The SMILES string of the molecule is CC1(C)CN(Cc2c(F)cccc2F)CCC1N. The first-order chi connectivity index (χ1) is 8.40. The predicted molar refractivity (Wildman–Crippen MR) is 68.0 cm³/mol. The Hall–Kier alpha value is -1.00. The monoisotopic (exact) mass is 254 g/mol. The van der Waals surface area contributed by atoms with Crippen LogP contribution >= 0.6 is 0 Å². The van der Waals surface area contributed by atoms with Gasteiger partial charge in [0, 0.05) is 31.2 Å². The molecule has 1 atom stereocenters. The van der Waals surface area contributed by atoms with Crippen LogP contribution in [0.1, 0.15) is 25.8 Å². The molecule has 0 aromatic heterocycles. The van der Waals surface area contributed by atoms with Gasteiger partial charge in [-0.15, -0.1) is 0 Å². The molecule has 100 valence electrons. The molecular weight excluding hydrogens is 234 g/mol. The molecule has 18 heavy (non-hydrogen) atoms. The van der Waals surface area contributed by atoms with Gasteiger partial charge in [0.05, 0.1) is 0 Å². The molecule has 2 N–H and O–H groups in total. The Morgan fingerprint density at radius 1 is 1.33 bits per heavy atom. The summed E-state index contributed by atoms with van der Waals surface area (Å²) in [4.78, 5) is 2.07. The van der Waals surface area contributed by atoms with Gasteiger partial charge in [0.1, 0.15) is 11.6 Å². The molecule has 4 heteroatoms. The minimum atomic E-state index is -0.470. The lowest BCUT2D eigenvalue weighted by molar-refractivity contribution is 0.0880. The van der Waals surface area contributed by atoms with Crippen molar-refractivity contribution in [3.05, 3.63) is 35.4 Å². The summed E-state index contributed by atoms with van der Waals surface area (Å²) in [6.45, 7) is 6.07. The van der Waals surface area contributed by atoms with Crippen molar-refractivity contribution in [3.63, 3.8) is 0 Å². The Balaban J connectivity index is 2.11. The predicted octanol–water partition coefficient (Wildman–Crippen LogP) is 2.52. The highest BCUT2D eigenvalue weighted by Gasteiger charge is 2.33. The molecule has 0 spiro atoms. The molecule has 1 aliphatic rings. The lowest BCUT2D eigenvalue weighted by Crippen LogP contribution is -2.52. The van der Waals surface area contributed by atoms with Crippen molar-refractivity contribution in [2.24, 2.45) is 11.1 Å². The van der Waals surface area contributed by atoms with Crippen molar-refractivity contribution in [1.29, 1.82) is 0 Å². The number of hydrogen-bond donors (Lipinski definition) is 1. The Labute approximate surface area is 107 Å². The number of benzene rings is 1. The summed E-state index contributed by atoms with van der Waals surface area (Å²) in [5.41, 5.74) is 6.20. The van der Waals surface area contributed by atoms with Crippen LogP contribution in [-0.4, -0.2) is 24.0 Å². The minimum Gasteiger partial charge on any atom is -0.327 e. The Morgan fingerprint density at radius 3 is 2.50 bits per heavy atom. The van der Waals surface area contributed by atoms with E-state index >= 15 is 0 Å². The maximum atomic E-state index is 13.6. The van der Waals surface area contributed by atoms with E-state index in [-0.39, 0.29) is 17.0 Å². The van der Waals surface area contributed by atoms with Crippen LogP contribution in [0.25, 0.3) is 0 Å². The Kier molecular flexibility index (Phi) is 3.69. The van der Waals surface area contributed by atoms with Gasteiger partial charge in [0.15, 0.2) is 0 Å². The summed E-state index contributed by atoms with van der Waals surface area (Å²) >= 11 is 0. The third-order valence-electron chi connectivity index (χ3n) is 3.83. The van der Waals surface area contributed by atoms with E-state index in [1.165, 1.54) is 18.2 Å². The van der Waals surface area contributed by atoms with Crippen LogP contribution < -0.4 is 5.73 Å². The Bertz CT molecular complexity index is 412. The number of piperidine rings is 1. The number of likely N-dealkylation sites (tertiary alicyclic amines) is 1. The zero-order chi connectivity index (χ0) is 13.3. The molecule has 0 saturated carbocycles. The van der Waals surface area contributed by atoms with Gasteiger partial charge in [-0.3, -0.25) is 4.90 Å². The van der Waals surface area contributed by atoms with E-state index < -0.39 is 11.6 Å². The largest absolute Gasteiger partial charge is 0.327 e. The first-order valence-electron chi connectivity index (χ1n) is 6.31. The third kappa shape index (κ3) is 2.70. The molecule has 1 unspecified atom stereocenters. The molecule has 0 bridgehead atoms. The van der Waals surface area contributed by atoms with E-state index in [1.807, 2.05) is 0 Å². The highest BCUT2D eigenvalue weighted by atomic mass is 19.1. The van der Waals surface area contributed by atoms with Gasteiger partial charge in [-0.1, -0.05) is 19.9 Å². The summed E-state index contributed by atoms with van der Waals surface area (Å²) in [6.07, 6.45) is 0.864. The average molecular weight is 254 g/mol. The maximum Gasteiger partial charge on any atom is 0.130 e. The maximum absolute atomic E-state index is 13.6. The third-order valence-corrected chi connectivity index (χ3v) is 3.83. The van der Waals surface area contributed by atoms with E-state index in [9.17, 15) is 8.78 Å². The van der Waals surface area contributed by atoms with Gasteiger partial charge in [0.2, 0.25) is 0 Å². The van der Waals surface area contributed by atoms with Crippen molar-refractivity contribution < 1.29 is 8.78 Å². The van der Waals surface area contributed by atoms with E-state index in [2.05, 4.69) is 18.7 Å². The quantitative estimate of drug-likeness (QED) is 0.878. The summed E-state index contributed by atoms with van der Waals surface area (Å²) in [5.74, 6) is -0.939. The minimum absolute atomic E-state index is 0.0139. The number of rotatable bonds is 2. The van der Waals surface area contributed by atoms with E-state index in [4.69, 9.17) is 5.73 Å². The smallest absolute Gasteiger partial charge is 0.130 e. The molecular formula is C14H20F2N2. The second-order valence-electron chi connectivity index (χ2n) is 5.79. The van der Waals surface area contributed by atoms with E-state index in [1.54, 1.807) is 0 Å². The van der Waals surface area contributed by atoms with Crippen molar-refractivity contribution in [3.8, 4) is 0 Å². The summed E-state index contributed by atoms with van der Waals surface area (Å²) < 4.78 is 27.2. The summed E-state index contributed by atoms with van der Waals surface area (Å²) in [7, 11) is 0. The molecule has 2 rings (SSSR count). The van der Waals surface area contributed by atoms with Gasteiger partial charge in [0.25, 0.3) is 0 Å². The van der Waals surface area contributed by atoms with Crippen molar-refractivity contribution in [2.45, 2.75) is 32.9 Å².